The lowest BCUT2D eigenvalue weighted by Crippen LogP contribution is -2.22. The minimum absolute atomic E-state index is 0.0516. The zero-order valence-electron chi connectivity index (χ0n) is 17.1. The van der Waals surface area contributed by atoms with E-state index in [0.717, 1.165) is 34.9 Å². The van der Waals surface area contributed by atoms with Gasteiger partial charge in [-0.25, -0.2) is 9.82 Å². The molecule has 30 heavy (non-hydrogen) atoms. The van der Waals surface area contributed by atoms with Crippen LogP contribution in [0.2, 0.25) is 0 Å². The maximum atomic E-state index is 13.2. The molecule has 4 nitrogen and oxygen atoms in total. The standard InChI is InChI=1S/C25H26FN3O/c1-25-13-5-4-7-21(25)23(25)24(30)28-27-14-18-16-29(22-8-3-2-6-20(18)22)15-17-9-11-19(26)12-10-17/h2-3,6,8-12,14,16,21,23H,4-5,7,13,15H2,1H3,(H,28,30)/b27-14-/t21-,23-,25-/m0/s1. The van der Waals surface area contributed by atoms with Gasteiger partial charge in [-0.05, 0) is 47.9 Å². The highest BCUT2D eigenvalue weighted by Gasteiger charge is 2.64. The van der Waals surface area contributed by atoms with E-state index in [9.17, 15) is 9.18 Å². The van der Waals surface area contributed by atoms with E-state index >= 15 is 0 Å². The molecule has 3 aromatic rings. The van der Waals surface area contributed by atoms with Gasteiger partial charge in [0.15, 0.2) is 0 Å². The third kappa shape index (κ3) is 3.32. The summed E-state index contributed by atoms with van der Waals surface area (Å²) in [5.41, 5.74) is 6.02. The molecule has 2 aromatic carbocycles. The first-order valence-corrected chi connectivity index (χ1v) is 10.7. The van der Waals surface area contributed by atoms with Crippen LogP contribution in [0.3, 0.4) is 0 Å². The van der Waals surface area contributed by atoms with Gasteiger partial charge in [0.1, 0.15) is 5.82 Å². The van der Waals surface area contributed by atoms with Gasteiger partial charge in [0, 0.05) is 35.1 Å². The average molecular weight is 404 g/mol. The highest BCUT2D eigenvalue weighted by Crippen LogP contribution is 2.66. The summed E-state index contributed by atoms with van der Waals surface area (Å²) in [5.74, 6) is 0.454. The lowest BCUT2D eigenvalue weighted by molar-refractivity contribution is -0.123. The van der Waals surface area contributed by atoms with E-state index in [1.807, 2.05) is 18.3 Å². The molecule has 1 N–H and O–H groups in total. The van der Waals surface area contributed by atoms with E-state index < -0.39 is 0 Å². The summed E-state index contributed by atoms with van der Waals surface area (Å²) in [7, 11) is 0. The Bertz CT molecular complexity index is 1120. The van der Waals surface area contributed by atoms with Gasteiger partial charge in [0.05, 0.1) is 6.21 Å². The maximum absolute atomic E-state index is 13.2. The predicted octanol–water partition coefficient (Wildman–Crippen LogP) is 5.11. The van der Waals surface area contributed by atoms with Gasteiger partial charge in [0.2, 0.25) is 5.91 Å². The topological polar surface area (TPSA) is 46.4 Å². The highest BCUT2D eigenvalue weighted by atomic mass is 19.1. The van der Waals surface area contributed by atoms with Crippen molar-refractivity contribution in [1.29, 1.82) is 0 Å². The second-order valence-electron chi connectivity index (χ2n) is 8.93. The number of hydrazone groups is 1. The number of halogens is 1. The van der Waals surface area contributed by atoms with Gasteiger partial charge in [-0.1, -0.05) is 50.1 Å². The van der Waals surface area contributed by atoms with E-state index in [-0.39, 0.29) is 23.1 Å². The monoisotopic (exact) mass is 403 g/mol. The Labute approximate surface area is 175 Å². The number of carbonyl (C=O) groups excluding carboxylic acids is 1. The van der Waals surface area contributed by atoms with Gasteiger partial charge < -0.3 is 4.57 Å². The molecule has 0 aliphatic heterocycles. The van der Waals surface area contributed by atoms with E-state index in [2.05, 4.69) is 34.2 Å². The number of amides is 1. The highest BCUT2D eigenvalue weighted by molar-refractivity contribution is 5.99. The molecule has 2 fully saturated rings. The summed E-state index contributed by atoms with van der Waals surface area (Å²) in [6.45, 7) is 2.89. The molecule has 5 rings (SSSR count). The number of benzene rings is 2. The van der Waals surface area contributed by atoms with Gasteiger partial charge in [-0.3, -0.25) is 4.79 Å². The van der Waals surface area contributed by atoms with E-state index in [4.69, 9.17) is 0 Å². The fourth-order valence-corrected chi connectivity index (χ4v) is 5.38. The Morgan fingerprint density at radius 3 is 2.80 bits per heavy atom. The number of nitrogens with zero attached hydrogens (tertiary/aromatic N) is 2. The summed E-state index contributed by atoms with van der Waals surface area (Å²) in [6, 6.07) is 14.7. The van der Waals surface area contributed by atoms with Crippen LogP contribution in [-0.2, 0) is 11.3 Å². The molecular weight excluding hydrogens is 377 g/mol. The fraction of sp³-hybridized carbons (Fsp3) is 0.360. The van der Waals surface area contributed by atoms with Crippen LogP contribution in [-0.4, -0.2) is 16.7 Å². The molecule has 1 aromatic heterocycles. The molecule has 5 heteroatoms. The Kier molecular flexibility index (Phi) is 4.69. The van der Waals surface area contributed by atoms with Crippen LogP contribution < -0.4 is 5.43 Å². The first-order valence-electron chi connectivity index (χ1n) is 10.7. The van der Waals surface area contributed by atoms with Crippen LogP contribution in [0.1, 0.15) is 43.7 Å². The SMILES string of the molecule is C[C@]12CCCC[C@H]1[C@H]2C(=O)N/N=C\c1cn(Cc2ccc(F)cc2)c2ccccc12. The molecule has 0 unspecified atom stereocenters. The zero-order chi connectivity index (χ0) is 20.7. The van der Waals surface area contributed by atoms with E-state index in [0.29, 0.717) is 12.5 Å². The number of hydrogen-bond donors (Lipinski definition) is 1. The molecule has 1 amide bonds. The van der Waals surface area contributed by atoms with Crippen LogP contribution in [0.25, 0.3) is 10.9 Å². The predicted molar refractivity (Wildman–Crippen MR) is 117 cm³/mol. The van der Waals surface area contributed by atoms with E-state index in [1.54, 1.807) is 18.3 Å². The molecule has 0 saturated heterocycles. The second-order valence-corrected chi connectivity index (χ2v) is 8.93. The van der Waals surface area contributed by atoms with Crippen molar-refractivity contribution >= 4 is 23.0 Å². The van der Waals surface area contributed by atoms with Crippen LogP contribution >= 0.6 is 0 Å². The van der Waals surface area contributed by atoms with Crippen molar-refractivity contribution in [3.8, 4) is 0 Å². The second kappa shape index (κ2) is 7.38. The Balaban J connectivity index is 1.33. The largest absolute Gasteiger partial charge is 0.342 e. The minimum atomic E-state index is -0.232. The molecule has 2 saturated carbocycles. The van der Waals surface area contributed by atoms with Crippen LogP contribution in [0, 0.1) is 23.1 Å². The fourth-order valence-electron chi connectivity index (χ4n) is 5.38. The lowest BCUT2D eigenvalue weighted by Gasteiger charge is -2.15. The molecule has 2 aliphatic carbocycles. The summed E-state index contributed by atoms with van der Waals surface area (Å²) in [4.78, 5) is 12.6. The third-order valence-corrected chi connectivity index (χ3v) is 7.08. The summed E-state index contributed by atoms with van der Waals surface area (Å²) in [6.07, 6.45) is 8.54. The van der Waals surface area contributed by atoms with Crippen molar-refractivity contribution in [3.05, 3.63) is 71.7 Å². The lowest BCUT2D eigenvalue weighted by atomic mass is 9.90. The first kappa shape index (κ1) is 19.0. The number of fused-ring (bicyclic) bond motifs is 2. The number of para-hydroxylation sites is 1. The first-order chi connectivity index (χ1) is 14.6. The maximum Gasteiger partial charge on any atom is 0.244 e. The molecule has 0 bridgehead atoms. The summed E-state index contributed by atoms with van der Waals surface area (Å²) in [5, 5.41) is 5.36. The Hall–Kier alpha value is -2.95. The van der Waals surface area contributed by atoms with Crippen molar-refractivity contribution < 1.29 is 9.18 Å². The van der Waals surface area contributed by atoms with Crippen LogP contribution in [0.15, 0.2) is 59.8 Å². The molecule has 1 heterocycles. The van der Waals surface area contributed by atoms with Crippen molar-refractivity contribution in [3.63, 3.8) is 0 Å². The molecule has 2 aliphatic rings. The number of nitrogens with one attached hydrogen (secondary N) is 1. The van der Waals surface area contributed by atoms with Gasteiger partial charge >= 0.3 is 0 Å². The molecular formula is C25H26FN3O. The number of rotatable bonds is 5. The van der Waals surface area contributed by atoms with Crippen molar-refractivity contribution in [2.75, 3.05) is 0 Å². The number of aromatic nitrogens is 1. The molecule has 0 spiro atoms. The quantitative estimate of drug-likeness (QED) is 0.467. The van der Waals surface area contributed by atoms with Gasteiger partial charge in [-0.2, -0.15) is 5.10 Å². The smallest absolute Gasteiger partial charge is 0.244 e. The third-order valence-electron chi connectivity index (χ3n) is 7.08. The van der Waals surface area contributed by atoms with Crippen molar-refractivity contribution in [2.45, 2.75) is 39.2 Å². The molecule has 154 valence electrons. The van der Waals surface area contributed by atoms with Crippen molar-refractivity contribution in [1.82, 2.24) is 9.99 Å². The van der Waals surface area contributed by atoms with Crippen LogP contribution in [0.4, 0.5) is 4.39 Å². The Morgan fingerprint density at radius 2 is 2.03 bits per heavy atom. The zero-order valence-corrected chi connectivity index (χ0v) is 17.1. The summed E-state index contributed by atoms with van der Waals surface area (Å²) < 4.78 is 15.3. The van der Waals surface area contributed by atoms with Gasteiger partial charge in [0.25, 0.3) is 0 Å². The normalized spacial score (nSPS) is 25.4. The average Bonchev–Trinajstić information content (AvgIpc) is 3.25. The summed E-state index contributed by atoms with van der Waals surface area (Å²) >= 11 is 0. The van der Waals surface area contributed by atoms with E-state index in [1.165, 1.54) is 25.0 Å². The minimum Gasteiger partial charge on any atom is -0.342 e. The van der Waals surface area contributed by atoms with Crippen LogP contribution in [0.5, 0.6) is 0 Å². The Morgan fingerprint density at radius 1 is 1.23 bits per heavy atom. The number of hydrogen-bond acceptors (Lipinski definition) is 2. The molecule has 3 atom stereocenters. The number of carbonyl (C=O) groups is 1. The van der Waals surface area contributed by atoms with Crippen molar-refractivity contribution in [2.24, 2.45) is 22.4 Å². The van der Waals surface area contributed by atoms with Gasteiger partial charge in [-0.15, -0.1) is 0 Å². The molecule has 0 radical (unpaired) electrons.